The van der Waals surface area contributed by atoms with Gasteiger partial charge in [-0.25, -0.2) is 0 Å². The average Bonchev–Trinajstić information content (AvgIpc) is 2.79. The molecule has 110 valence electrons. The quantitative estimate of drug-likeness (QED) is 0.920. The van der Waals surface area contributed by atoms with Crippen LogP contribution < -0.4 is 0 Å². The number of carbonyl (C=O) groups excluding carboxylic acids is 1. The summed E-state index contributed by atoms with van der Waals surface area (Å²) in [5.41, 5.74) is 2.32. The molecule has 1 aromatic heterocycles. The number of carboxylic acids is 1. The molecule has 1 aliphatic rings. The maximum atomic E-state index is 12.5. The Hall–Kier alpha value is -1.78. The predicted molar refractivity (Wildman–Crippen MR) is 75.3 cm³/mol. The van der Waals surface area contributed by atoms with Gasteiger partial charge in [-0.3, -0.25) is 9.59 Å². The van der Waals surface area contributed by atoms with Crippen molar-refractivity contribution in [1.29, 1.82) is 0 Å². The van der Waals surface area contributed by atoms with Crippen LogP contribution in [0.3, 0.4) is 0 Å². The monoisotopic (exact) mass is 278 g/mol. The number of carboxylic acid groups (broad SMARTS) is 1. The summed E-state index contributed by atoms with van der Waals surface area (Å²) in [5.74, 6) is -2.16. The molecule has 0 spiro atoms. The Morgan fingerprint density at radius 1 is 1.25 bits per heavy atom. The molecule has 1 aromatic rings. The molecule has 20 heavy (non-hydrogen) atoms. The van der Waals surface area contributed by atoms with Gasteiger partial charge < -0.3 is 14.6 Å². The van der Waals surface area contributed by atoms with Crippen molar-refractivity contribution in [1.82, 2.24) is 9.47 Å². The van der Waals surface area contributed by atoms with Gasteiger partial charge in [-0.1, -0.05) is 13.8 Å². The van der Waals surface area contributed by atoms with E-state index in [4.69, 9.17) is 5.11 Å². The summed E-state index contributed by atoms with van der Waals surface area (Å²) in [6.07, 6.45) is 0. The maximum Gasteiger partial charge on any atom is 0.307 e. The van der Waals surface area contributed by atoms with Crippen LogP contribution in [0.25, 0.3) is 0 Å². The van der Waals surface area contributed by atoms with Crippen molar-refractivity contribution < 1.29 is 14.7 Å². The van der Waals surface area contributed by atoms with E-state index in [1.165, 1.54) is 5.69 Å². The Morgan fingerprint density at radius 3 is 2.50 bits per heavy atom. The Morgan fingerprint density at radius 2 is 1.90 bits per heavy atom. The van der Waals surface area contributed by atoms with Crippen molar-refractivity contribution in [3.05, 3.63) is 23.5 Å². The van der Waals surface area contributed by atoms with Gasteiger partial charge in [0.25, 0.3) is 0 Å². The number of hydrogen-bond acceptors (Lipinski definition) is 2. The number of amides is 1. The molecule has 0 aromatic carbocycles. The minimum absolute atomic E-state index is 0.00612. The molecule has 5 nitrogen and oxygen atoms in total. The SMILES string of the molecule is Cc1ccc2n1CCN(C(=O)C(C)C(C)C(=O)O)C2C. The third-order valence-corrected chi connectivity index (χ3v) is 4.50. The molecule has 5 heteroatoms. The maximum absolute atomic E-state index is 12.5. The summed E-state index contributed by atoms with van der Waals surface area (Å²) in [4.78, 5) is 25.4. The fraction of sp³-hybridized carbons (Fsp3) is 0.600. The molecule has 2 rings (SSSR count). The molecule has 0 fully saturated rings. The van der Waals surface area contributed by atoms with Gasteiger partial charge in [0.15, 0.2) is 0 Å². The van der Waals surface area contributed by atoms with E-state index in [2.05, 4.69) is 17.6 Å². The smallest absolute Gasteiger partial charge is 0.307 e. The highest BCUT2D eigenvalue weighted by Crippen LogP contribution is 2.29. The number of fused-ring (bicyclic) bond motifs is 1. The molecule has 0 radical (unpaired) electrons. The van der Waals surface area contributed by atoms with Crippen LogP contribution in [-0.4, -0.2) is 33.0 Å². The molecule has 3 unspecified atom stereocenters. The zero-order valence-corrected chi connectivity index (χ0v) is 12.5. The van der Waals surface area contributed by atoms with Crippen molar-refractivity contribution in [3.63, 3.8) is 0 Å². The molecule has 3 atom stereocenters. The number of rotatable bonds is 3. The fourth-order valence-corrected chi connectivity index (χ4v) is 2.81. The molecule has 0 aliphatic carbocycles. The van der Waals surface area contributed by atoms with Gasteiger partial charge in [-0.2, -0.15) is 0 Å². The Balaban J connectivity index is 2.19. The van der Waals surface area contributed by atoms with Crippen molar-refractivity contribution in [2.45, 2.75) is 40.3 Å². The van der Waals surface area contributed by atoms with Gasteiger partial charge in [-0.15, -0.1) is 0 Å². The van der Waals surface area contributed by atoms with Crippen LogP contribution in [0.2, 0.25) is 0 Å². The molecule has 2 heterocycles. The van der Waals surface area contributed by atoms with Gasteiger partial charge in [0.05, 0.1) is 12.0 Å². The largest absolute Gasteiger partial charge is 0.481 e. The summed E-state index contributed by atoms with van der Waals surface area (Å²) in [6.45, 7) is 8.76. The first-order valence-corrected chi connectivity index (χ1v) is 7.04. The lowest BCUT2D eigenvalue weighted by atomic mass is 9.93. The minimum Gasteiger partial charge on any atom is -0.481 e. The van der Waals surface area contributed by atoms with Crippen LogP contribution in [0.5, 0.6) is 0 Å². The van der Waals surface area contributed by atoms with Gasteiger partial charge in [-0.05, 0) is 26.0 Å². The second-order valence-corrected chi connectivity index (χ2v) is 5.67. The second-order valence-electron chi connectivity index (χ2n) is 5.67. The van der Waals surface area contributed by atoms with E-state index in [0.29, 0.717) is 6.54 Å². The third kappa shape index (κ3) is 2.32. The number of aryl methyl sites for hydroxylation is 1. The second kappa shape index (κ2) is 5.31. The van der Waals surface area contributed by atoms with E-state index in [1.54, 1.807) is 18.7 Å². The van der Waals surface area contributed by atoms with Gasteiger partial charge in [0, 0.05) is 30.4 Å². The highest BCUT2D eigenvalue weighted by molar-refractivity contribution is 5.84. The molecular formula is C15H22N2O3. The highest BCUT2D eigenvalue weighted by Gasteiger charge is 2.34. The standard InChI is InChI=1S/C15H22N2O3/c1-9-5-6-13-12(4)17(8-7-16(9)13)14(18)10(2)11(3)15(19)20/h5-6,10-12H,7-8H2,1-4H3,(H,19,20). The normalized spacial score (nSPS) is 21.2. The Bertz CT molecular complexity index is 535. The number of hydrogen-bond donors (Lipinski definition) is 1. The third-order valence-electron chi connectivity index (χ3n) is 4.50. The van der Waals surface area contributed by atoms with Crippen LogP contribution in [0.15, 0.2) is 12.1 Å². The number of nitrogens with zero attached hydrogens (tertiary/aromatic N) is 2. The lowest BCUT2D eigenvalue weighted by molar-refractivity contribution is -0.150. The van der Waals surface area contributed by atoms with Gasteiger partial charge >= 0.3 is 5.97 Å². The Kier molecular flexibility index (Phi) is 3.88. The molecule has 1 amide bonds. The van der Waals surface area contributed by atoms with Crippen molar-refractivity contribution in [2.75, 3.05) is 6.54 Å². The topological polar surface area (TPSA) is 62.5 Å². The first-order valence-electron chi connectivity index (χ1n) is 7.04. The van der Waals surface area contributed by atoms with Crippen LogP contribution in [0.1, 0.15) is 38.2 Å². The van der Waals surface area contributed by atoms with E-state index in [0.717, 1.165) is 12.2 Å². The van der Waals surface area contributed by atoms with E-state index in [1.807, 2.05) is 13.0 Å². The zero-order chi connectivity index (χ0) is 15.0. The summed E-state index contributed by atoms with van der Waals surface area (Å²) >= 11 is 0. The summed E-state index contributed by atoms with van der Waals surface area (Å²) in [6, 6.07) is 4.10. The molecule has 0 saturated carbocycles. The summed E-state index contributed by atoms with van der Waals surface area (Å²) in [7, 11) is 0. The lowest BCUT2D eigenvalue weighted by Crippen LogP contribution is -2.45. The number of aliphatic carboxylic acids is 1. The van der Waals surface area contributed by atoms with E-state index < -0.39 is 17.8 Å². The minimum atomic E-state index is -0.922. The van der Waals surface area contributed by atoms with Crippen LogP contribution >= 0.6 is 0 Å². The zero-order valence-electron chi connectivity index (χ0n) is 12.5. The van der Waals surface area contributed by atoms with Crippen molar-refractivity contribution >= 4 is 11.9 Å². The van der Waals surface area contributed by atoms with E-state index in [9.17, 15) is 9.59 Å². The van der Waals surface area contributed by atoms with Gasteiger partial charge in [0.2, 0.25) is 5.91 Å². The number of carbonyl (C=O) groups is 2. The lowest BCUT2D eigenvalue weighted by Gasteiger charge is -2.37. The van der Waals surface area contributed by atoms with Gasteiger partial charge in [0.1, 0.15) is 0 Å². The molecular weight excluding hydrogens is 256 g/mol. The molecule has 0 bridgehead atoms. The van der Waals surface area contributed by atoms with Crippen molar-refractivity contribution in [3.8, 4) is 0 Å². The van der Waals surface area contributed by atoms with E-state index >= 15 is 0 Å². The fourth-order valence-electron chi connectivity index (χ4n) is 2.81. The van der Waals surface area contributed by atoms with Crippen LogP contribution in [0, 0.1) is 18.8 Å². The summed E-state index contributed by atoms with van der Waals surface area (Å²) < 4.78 is 2.22. The first kappa shape index (κ1) is 14.6. The first-order chi connectivity index (χ1) is 9.34. The summed E-state index contributed by atoms with van der Waals surface area (Å²) in [5, 5.41) is 9.05. The molecule has 1 aliphatic heterocycles. The van der Waals surface area contributed by atoms with Crippen LogP contribution in [0.4, 0.5) is 0 Å². The van der Waals surface area contributed by atoms with E-state index in [-0.39, 0.29) is 11.9 Å². The number of aromatic nitrogens is 1. The van der Waals surface area contributed by atoms with Crippen molar-refractivity contribution in [2.24, 2.45) is 11.8 Å². The Labute approximate surface area is 119 Å². The van der Waals surface area contributed by atoms with Crippen LogP contribution in [-0.2, 0) is 16.1 Å². The molecule has 0 saturated heterocycles. The average molecular weight is 278 g/mol. The highest BCUT2D eigenvalue weighted by atomic mass is 16.4. The molecule has 1 N–H and O–H groups in total. The predicted octanol–water partition coefficient (Wildman–Crippen LogP) is 2.06.